The molecule has 1 saturated heterocycles. The Balaban J connectivity index is 2.00. The van der Waals surface area contributed by atoms with E-state index in [-0.39, 0.29) is 23.0 Å². The number of anilines is 2. The number of thioether (sulfide) groups is 1. The van der Waals surface area contributed by atoms with E-state index in [4.69, 9.17) is 0 Å². The van der Waals surface area contributed by atoms with Crippen LogP contribution in [0.15, 0.2) is 24.3 Å². The average molecular weight is 318 g/mol. The molecule has 1 aromatic carbocycles. The number of para-hydroxylation sites is 2. The number of hydrogen-bond acceptors (Lipinski definition) is 3. The SMILES string of the molecule is CC(=O)N1C[C@H](C)CN(C(=O)[C@@H]2CCCS2)c2ccccc21. The summed E-state index contributed by atoms with van der Waals surface area (Å²) in [5.74, 6) is 1.56. The molecule has 2 aliphatic heterocycles. The molecule has 0 N–H and O–H groups in total. The summed E-state index contributed by atoms with van der Waals surface area (Å²) in [4.78, 5) is 28.7. The molecule has 0 radical (unpaired) electrons. The summed E-state index contributed by atoms with van der Waals surface area (Å²) in [5, 5.41) is 0.0733. The topological polar surface area (TPSA) is 40.6 Å². The fourth-order valence-electron chi connectivity index (χ4n) is 3.25. The van der Waals surface area contributed by atoms with Crippen LogP contribution in [0.25, 0.3) is 0 Å². The van der Waals surface area contributed by atoms with Gasteiger partial charge in [-0.3, -0.25) is 9.59 Å². The van der Waals surface area contributed by atoms with Gasteiger partial charge in [-0.2, -0.15) is 0 Å². The second kappa shape index (κ2) is 6.32. The van der Waals surface area contributed by atoms with Crippen molar-refractivity contribution in [1.29, 1.82) is 0 Å². The lowest BCUT2D eigenvalue weighted by atomic mass is 10.1. The normalized spacial score (nSPS) is 24.8. The summed E-state index contributed by atoms with van der Waals surface area (Å²) in [6, 6.07) is 7.77. The van der Waals surface area contributed by atoms with Gasteiger partial charge in [0.15, 0.2) is 0 Å². The first-order valence-corrected chi connectivity index (χ1v) is 8.93. The molecule has 0 saturated carbocycles. The van der Waals surface area contributed by atoms with E-state index in [1.165, 1.54) is 0 Å². The third kappa shape index (κ3) is 2.86. The summed E-state index contributed by atoms with van der Waals surface area (Å²) in [6.45, 7) is 5.03. The van der Waals surface area contributed by atoms with Crippen molar-refractivity contribution in [1.82, 2.24) is 0 Å². The highest BCUT2D eigenvalue weighted by molar-refractivity contribution is 8.00. The summed E-state index contributed by atoms with van der Waals surface area (Å²) < 4.78 is 0. The molecule has 0 unspecified atom stereocenters. The van der Waals surface area contributed by atoms with Crippen molar-refractivity contribution in [2.45, 2.75) is 31.9 Å². The molecule has 2 aliphatic rings. The lowest BCUT2D eigenvalue weighted by Gasteiger charge is -2.27. The highest BCUT2D eigenvalue weighted by atomic mass is 32.2. The van der Waals surface area contributed by atoms with Gasteiger partial charge in [0.05, 0.1) is 16.6 Å². The lowest BCUT2D eigenvalue weighted by molar-refractivity contribution is -0.118. The van der Waals surface area contributed by atoms with E-state index in [0.29, 0.717) is 13.1 Å². The Labute approximate surface area is 135 Å². The molecule has 1 fully saturated rings. The Bertz CT molecular complexity index is 584. The highest BCUT2D eigenvalue weighted by Gasteiger charge is 2.34. The molecular formula is C17H22N2O2S. The summed E-state index contributed by atoms with van der Waals surface area (Å²) >= 11 is 1.76. The first kappa shape index (κ1) is 15.4. The van der Waals surface area contributed by atoms with Crippen molar-refractivity contribution in [2.24, 2.45) is 5.92 Å². The predicted octanol–water partition coefficient (Wildman–Crippen LogP) is 2.92. The molecule has 2 atom stereocenters. The van der Waals surface area contributed by atoms with E-state index in [1.54, 1.807) is 23.6 Å². The molecule has 0 aromatic heterocycles. The van der Waals surface area contributed by atoms with Crippen LogP contribution < -0.4 is 9.80 Å². The number of carbonyl (C=O) groups excluding carboxylic acids is 2. The van der Waals surface area contributed by atoms with Crippen LogP contribution in [0.2, 0.25) is 0 Å². The molecule has 22 heavy (non-hydrogen) atoms. The van der Waals surface area contributed by atoms with Crippen LogP contribution in [0, 0.1) is 5.92 Å². The van der Waals surface area contributed by atoms with E-state index in [1.807, 2.05) is 29.2 Å². The zero-order valence-electron chi connectivity index (χ0n) is 13.1. The van der Waals surface area contributed by atoms with Crippen LogP contribution >= 0.6 is 11.8 Å². The number of hydrogen-bond donors (Lipinski definition) is 0. The predicted molar refractivity (Wildman–Crippen MR) is 91.5 cm³/mol. The first-order chi connectivity index (χ1) is 10.6. The van der Waals surface area contributed by atoms with E-state index < -0.39 is 0 Å². The fraction of sp³-hybridized carbons (Fsp3) is 0.529. The number of nitrogens with zero attached hydrogens (tertiary/aromatic N) is 2. The fourth-order valence-corrected chi connectivity index (χ4v) is 4.47. The summed E-state index contributed by atoms with van der Waals surface area (Å²) in [6.07, 6.45) is 2.08. The van der Waals surface area contributed by atoms with Crippen LogP contribution in [-0.4, -0.2) is 35.9 Å². The van der Waals surface area contributed by atoms with Crippen LogP contribution in [0.5, 0.6) is 0 Å². The van der Waals surface area contributed by atoms with Crippen molar-refractivity contribution in [3.8, 4) is 0 Å². The second-order valence-corrected chi connectivity index (χ2v) is 7.48. The van der Waals surface area contributed by atoms with Gasteiger partial charge in [0.25, 0.3) is 0 Å². The Morgan fingerprint density at radius 2 is 1.77 bits per heavy atom. The average Bonchev–Trinajstić information content (AvgIpc) is 2.99. The molecule has 4 nitrogen and oxygen atoms in total. The van der Waals surface area contributed by atoms with Gasteiger partial charge in [-0.1, -0.05) is 19.1 Å². The maximum atomic E-state index is 12.9. The Morgan fingerprint density at radius 3 is 2.36 bits per heavy atom. The van der Waals surface area contributed by atoms with Crippen molar-refractivity contribution in [3.63, 3.8) is 0 Å². The molecule has 0 aliphatic carbocycles. The van der Waals surface area contributed by atoms with Gasteiger partial charge in [0, 0.05) is 20.0 Å². The maximum Gasteiger partial charge on any atom is 0.240 e. The Morgan fingerprint density at radius 1 is 1.14 bits per heavy atom. The number of amides is 2. The Hall–Kier alpha value is -1.49. The quantitative estimate of drug-likeness (QED) is 0.799. The molecule has 5 heteroatoms. The van der Waals surface area contributed by atoms with Crippen molar-refractivity contribution >= 4 is 35.0 Å². The first-order valence-electron chi connectivity index (χ1n) is 7.88. The number of fused-ring (bicyclic) bond motifs is 1. The third-order valence-electron chi connectivity index (χ3n) is 4.30. The van der Waals surface area contributed by atoms with Crippen LogP contribution in [-0.2, 0) is 9.59 Å². The van der Waals surface area contributed by atoms with Crippen LogP contribution in [0.1, 0.15) is 26.7 Å². The smallest absolute Gasteiger partial charge is 0.240 e. The minimum absolute atomic E-state index is 0.0313. The molecule has 1 aromatic rings. The van der Waals surface area contributed by atoms with E-state index >= 15 is 0 Å². The molecule has 0 bridgehead atoms. The van der Waals surface area contributed by atoms with Crippen LogP contribution in [0.3, 0.4) is 0 Å². The number of benzene rings is 1. The van der Waals surface area contributed by atoms with Crippen molar-refractivity contribution in [3.05, 3.63) is 24.3 Å². The van der Waals surface area contributed by atoms with Gasteiger partial charge in [0.2, 0.25) is 11.8 Å². The minimum atomic E-state index is 0.0313. The van der Waals surface area contributed by atoms with Gasteiger partial charge in [-0.25, -0.2) is 0 Å². The van der Waals surface area contributed by atoms with Gasteiger partial charge >= 0.3 is 0 Å². The molecule has 118 valence electrons. The molecule has 3 rings (SSSR count). The Kier molecular flexibility index (Phi) is 4.43. The zero-order valence-corrected chi connectivity index (χ0v) is 13.9. The molecule has 0 spiro atoms. The van der Waals surface area contributed by atoms with Crippen molar-refractivity contribution < 1.29 is 9.59 Å². The third-order valence-corrected chi connectivity index (χ3v) is 5.67. The maximum absolute atomic E-state index is 12.9. The van der Waals surface area contributed by atoms with E-state index in [2.05, 4.69) is 6.92 Å². The molecule has 2 heterocycles. The van der Waals surface area contributed by atoms with Gasteiger partial charge in [0.1, 0.15) is 0 Å². The number of rotatable bonds is 1. The highest BCUT2D eigenvalue weighted by Crippen LogP contribution is 2.36. The van der Waals surface area contributed by atoms with Gasteiger partial charge < -0.3 is 9.80 Å². The second-order valence-electron chi connectivity index (χ2n) is 6.17. The zero-order chi connectivity index (χ0) is 15.7. The monoisotopic (exact) mass is 318 g/mol. The van der Waals surface area contributed by atoms with Gasteiger partial charge in [-0.15, -0.1) is 11.8 Å². The van der Waals surface area contributed by atoms with Gasteiger partial charge in [-0.05, 0) is 36.6 Å². The largest absolute Gasteiger partial charge is 0.310 e. The summed E-state index contributed by atoms with van der Waals surface area (Å²) in [7, 11) is 0. The summed E-state index contributed by atoms with van der Waals surface area (Å²) in [5.41, 5.74) is 1.73. The minimum Gasteiger partial charge on any atom is -0.310 e. The van der Waals surface area contributed by atoms with E-state index in [0.717, 1.165) is 30.0 Å². The number of carbonyl (C=O) groups is 2. The standard InChI is InChI=1S/C17H22N2O2S/c1-12-10-18(13(2)20)14-6-3-4-7-15(14)19(11-12)17(21)16-8-5-9-22-16/h3-4,6-7,12,16H,5,8-11H2,1-2H3/t12-,16-/m0/s1. The molecule has 2 amide bonds. The van der Waals surface area contributed by atoms with Crippen LogP contribution in [0.4, 0.5) is 11.4 Å². The van der Waals surface area contributed by atoms with Crippen molar-refractivity contribution in [2.75, 3.05) is 28.6 Å². The molecular weight excluding hydrogens is 296 g/mol. The lowest BCUT2D eigenvalue weighted by Crippen LogP contribution is -2.39. The van der Waals surface area contributed by atoms with E-state index in [9.17, 15) is 9.59 Å².